The highest BCUT2D eigenvalue weighted by Crippen LogP contribution is 2.17. The zero-order valence-corrected chi connectivity index (χ0v) is 10.8. The molecule has 0 fully saturated rings. The smallest absolute Gasteiger partial charge is 0.326 e. The van der Waals surface area contributed by atoms with Crippen molar-refractivity contribution in [1.82, 2.24) is 5.32 Å². The lowest BCUT2D eigenvalue weighted by molar-refractivity contribution is -0.384. The van der Waals surface area contributed by atoms with Gasteiger partial charge < -0.3 is 10.4 Å². The molecule has 1 aromatic carbocycles. The van der Waals surface area contributed by atoms with E-state index >= 15 is 0 Å². The third-order valence-electron chi connectivity index (χ3n) is 2.62. The van der Waals surface area contributed by atoms with E-state index in [9.17, 15) is 24.1 Å². The van der Waals surface area contributed by atoms with Crippen LogP contribution in [0, 0.1) is 21.8 Å². The molecule has 0 aliphatic carbocycles. The van der Waals surface area contributed by atoms with Crippen LogP contribution in [0.25, 0.3) is 0 Å². The maximum atomic E-state index is 13.5. The molecule has 1 rings (SSSR count). The summed E-state index contributed by atoms with van der Waals surface area (Å²) in [7, 11) is 0. The molecular formula is C12H13FN2O5. The number of rotatable bonds is 5. The van der Waals surface area contributed by atoms with Gasteiger partial charge in [-0.1, -0.05) is 13.8 Å². The van der Waals surface area contributed by atoms with Gasteiger partial charge in [-0.2, -0.15) is 0 Å². The Hall–Kier alpha value is -2.51. The third-order valence-corrected chi connectivity index (χ3v) is 2.62. The molecule has 0 heterocycles. The number of nitro benzene ring substituents is 1. The maximum absolute atomic E-state index is 13.5. The zero-order valence-electron chi connectivity index (χ0n) is 10.8. The molecule has 0 aliphatic rings. The molecule has 7 nitrogen and oxygen atoms in total. The first-order valence-electron chi connectivity index (χ1n) is 5.71. The van der Waals surface area contributed by atoms with Crippen molar-refractivity contribution < 1.29 is 24.0 Å². The molecule has 0 saturated heterocycles. The number of hydrogen-bond donors (Lipinski definition) is 2. The monoisotopic (exact) mass is 284 g/mol. The molecule has 20 heavy (non-hydrogen) atoms. The minimum absolute atomic E-state index is 0.418. The van der Waals surface area contributed by atoms with Crippen molar-refractivity contribution in [2.45, 2.75) is 19.9 Å². The van der Waals surface area contributed by atoms with Gasteiger partial charge >= 0.3 is 5.97 Å². The quantitative estimate of drug-likeness (QED) is 0.630. The summed E-state index contributed by atoms with van der Waals surface area (Å²) in [5.41, 5.74) is -1.01. The molecule has 0 saturated carbocycles. The third kappa shape index (κ3) is 3.50. The lowest BCUT2D eigenvalue weighted by atomic mass is 10.0. The second-order valence-corrected chi connectivity index (χ2v) is 4.45. The highest BCUT2D eigenvalue weighted by Gasteiger charge is 2.26. The highest BCUT2D eigenvalue weighted by atomic mass is 19.1. The van der Waals surface area contributed by atoms with Gasteiger partial charge in [0.05, 0.1) is 10.5 Å². The van der Waals surface area contributed by atoms with E-state index in [0.29, 0.717) is 0 Å². The van der Waals surface area contributed by atoms with Gasteiger partial charge in [-0.3, -0.25) is 14.9 Å². The molecule has 108 valence electrons. The predicted octanol–water partition coefficient (Wildman–Crippen LogP) is 1.57. The molecule has 1 atom stereocenters. The molecule has 0 radical (unpaired) electrons. The first-order chi connectivity index (χ1) is 9.23. The van der Waals surface area contributed by atoms with Crippen molar-refractivity contribution in [3.63, 3.8) is 0 Å². The Morgan fingerprint density at radius 2 is 2.00 bits per heavy atom. The Bertz CT molecular complexity index is 559. The fourth-order valence-corrected chi connectivity index (χ4v) is 1.53. The number of aliphatic carboxylic acids is 1. The van der Waals surface area contributed by atoms with Crippen LogP contribution >= 0.6 is 0 Å². The average Bonchev–Trinajstić information content (AvgIpc) is 2.34. The van der Waals surface area contributed by atoms with E-state index in [1.807, 2.05) is 0 Å². The van der Waals surface area contributed by atoms with E-state index in [-0.39, 0.29) is 0 Å². The Balaban J connectivity index is 3.05. The fraction of sp³-hybridized carbons (Fsp3) is 0.333. The minimum Gasteiger partial charge on any atom is -0.480 e. The summed E-state index contributed by atoms with van der Waals surface area (Å²) in [6.07, 6.45) is 0. The summed E-state index contributed by atoms with van der Waals surface area (Å²) in [4.78, 5) is 32.6. The Labute approximate surface area is 113 Å². The standard InChI is InChI=1S/C12H13FN2O5/c1-6(2)10(12(17)18)14-11(16)8-5-7(15(19)20)3-4-9(8)13/h3-6,10H,1-2H3,(H,14,16)(H,17,18)/t10-/m1/s1. The summed E-state index contributed by atoms with van der Waals surface area (Å²) in [5, 5.41) is 21.7. The van der Waals surface area contributed by atoms with Crippen molar-refractivity contribution in [3.8, 4) is 0 Å². The molecule has 0 bridgehead atoms. The molecule has 1 amide bonds. The number of nitrogens with zero attached hydrogens (tertiary/aromatic N) is 1. The van der Waals surface area contributed by atoms with Gasteiger partial charge in [0.1, 0.15) is 11.9 Å². The number of carboxylic acid groups (broad SMARTS) is 1. The summed E-state index contributed by atoms with van der Waals surface area (Å²) >= 11 is 0. The van der Waals surface area contributed by atoms with Gasteiger partial charge in [-0.05, 0) is 12.0 Å². The van der Waals surface area contributed by atoms with Crippen LogP contribution in [-0.4, -0.2) is 27.9 Å². The van der Waals surface area contributed by atoms with Crippen molar-refractivity contribution >= 4 is 17.6 Å². The number of amides is 1. The molecule has 0 spiro atoms. The number of nitrogens with one attached hydrogen (secondary N) is 1. The molecule has 0 unspecified atom stereocenters. The molecule has 0 aromatic heterocycles. The van der Waals surface area contributed by atoms with Crippen LogP contribution in [0.4, 0.5) is 10.1 Å². The lowest BCUT2D eigenvalue weighted by Gasteiger charge is -2.17. The zero-order chi connectivity index (χ0) is 15.4. The largest absolute Gasteiger partial charge is 0.480 e. The number of hydrogen-bond acceptors (Lipinski definition) is 4. The maximum Gasteiger partial charge on any atom is 0.326 e. The molecular weight excluding hydrogens is 271 g/mol. The number of nitro groups is 1. The topological polar surface area (TPSA) is 110 Å². The van der Waals surface area contributed by atoms with Crippen LogP contribution in [0.1, 0.15) is 24.2 Å². The average molecular weight is 284 g/mol. The van der Waals surface area contributed by atoms with Gasteiger partial charge in [0.25, 0.3) is 11.6 Å². The normalized spacial score (nSPS) is 12.0. The van der Waals surface area contributed by atoms with E-state index in [4.69, 9.17) is 5.11 Å². The molecule has 1 aromatic rings. The SMILES string of the molecule is CC(C)[C@@H](NC(=O)c1cc([N+](=O)[O-])ccc1F)C(=O)O. The minimum atomic E-state index is -1.26. The number of carboxylic acids is 1. The molecule has 2 N–H and O–H groups in total. The number of carbonyl (C=O) groups is 2. The number of carbonyl (C=O) groups excluding carboxylic acids is 1. The number of benzene rings is 1. The van der Waals surface area contributed by atoms with E-state index in [1.165, 1.54) is 0 Å². The van der Waals surface area contributed by atoms with E-state index in [2.05, 4.69) is 5.32 Å². The number of halogens is 1. The summed E-state index contributed by atoms with van der Waals surface area (Å²) in [6.45, 7) is 3.14. The first-order valence-corrected chi connectivity index (χ1v) is 5.71. The van der Waals surface area contributed by atoms with Gasteiger partial charge in [0.15, 0.2) is 0 Å². The van der Waals surface area contributed by atoms with E-state index in [0.717, 1.165) is 18.2 Å². The van der Waals surface area contributed by atoms with Crippen LogP contribution in [0.5, 0.6) is 0 Å². The van der Waals surface area contributed by atoms with E-state index < -0.39 is 45.8 Å². The summed E-state index contributed by atoms with van der Waals surface area (Å²) in [5.74, 6) is -3.65. The Kier molecular flexibility index (Phi) is 4.73. The van der Waals surface area contributed by atoms with Crippen LogP contribution in [0.3, 0.4) is 0 Å². The first kappa shape index (κ1) is 15.5. The lowest BCUT2D eigenvalue weighted by Crippen LogP contribution is -2.44. The van der Waals surface area contributed by atoms with Gasteiger partial charge in [0, 0.05) is 12.1 Å². The van der Waals surface area contributed by atoms with Crippen molar-refractivity contribution in [2.24, 2.45) is 5.92 Å². The fourth-order valence-electron chi connectivity index (χ4n) is 1.53. The van der Waals surface area contributed by atoms with E-state index in [1.54, 1.807) is 13.8 Å². The van der Waals surface area contributed by atoms with Crippen molar-refractivity contribution in [1.29, 1.82) is 0 Å². The van der Waals surface area contributed by atoms with Gasteiger partial charge in [0.2, 0.25) is 0 Å². The Morgan fingerprint density at radius 3 is 2.45 bits per heavy atom. The van der Waals surface area contributed by atoms with Crippen molar-refractivity contribution in [3.05, 3.63) is 39.7 Å². The van der Waals surface area contributed by atoms with Gasteiger partial charge in [-0.25, -0.2) is 9.18 Å². The van der Waals surface area contributed by atoms with Gasteiger partial charge in [-0.15, -0.1) is 0 Å². The molecule has 0 aliphatic heterocycles. The second kappa shape index (κ2) is 6.09. The Morgan fingerprint density at radius 1 is 1.40 bits per heavy atom. The summed E-state index contributed by atoms with van der Waals surface area (Å²) < 4.78 is 13.5. The van der Waals surface area contributed by atoms with Crippen LogP contribution < -0.4 is 5.32 Å². The van der Waals surface area contributed by atoms with Crippen LogP contribution in [-0.2, 0) is 4.79 Å². The highest BCUT2D eigenvalue weighted by molar-refractivity contribution is 5.97. The molecule has 8 heteroatoms. The predicted molar refractivity (Wildman–Crippen MR) is 66.8 cm³/mol. The van der Waals surface area contributed by atoms with Crippen LogP contribution in [0.2, 0.25) is 0 Å². The van der Waals surface area contributed by atoms with Crippen LogP contribution in [0.15, 0.2) is 18.2 Å². The number of non-ortho nitro benzene ring substituents is 1. The second-order valence-electron chi connectivity index (χ2n) is 4.45. The van der Waals surface area contributed by atoms with Crippen molar-refractivity contribution in [2.75, 3.05) is 0 Å². The summed E-state index contributed by atoms with van der Waals surface area (Å²) in [6, 6.07) is 1.27.